The van der Waals surface area contributed by atoms with Crippen LogP contribution in [0.5, 0.6) is 0 Å². The summed E-state index contributed by atoms with van der Waals surface area (Å²) in [5.41, 5.74) is 0.989. The number of benzene rings is 2. The van der Waals surface area contributed by atoms with Crippen molar-refractivity contribution in [2.24, 2.45) is 0 Å². The van der Waals surface area contributed by atoms with Gasteiger partial charge in [-0.1, -0.05) is 36.4 Å². The molecule has 1 saturated heterocycles. The van der Waals surface area contributed by atoms with Gasteiger partial charge in [-0.25, -0.2) is 12.8 Å². The van der Waals surface area contributed by atoms with E-state index in [1.165, 1.54) is 23.1 Å². The lowest BCUT2D eigenvalue weighted by atomic mass is 10.1. The third-order valence-electron chi connectivity index (χ3n) is 4.27. The van der Waals surface area contributed by atoms with E-state index in [4.69, 9.17) is 0 Å². The Bertz CT molecular complexity index is 836. The zero-order chi connectivity index (χ0) is 17.2. The number of amides is 1. The largest absolute Gasteiger partial charge is 0.338 e. The van der Waals surface area contributed by atoms with Crippen molar-refractivity contribution in [2.75, 3.05) is 18.8 Å². The van der Waals surface area contributed by atoms with Crippen molar-refractivity contribution >= 4 is 15.7 Å². The van der Waals surface area contributed by atoms with Crippen molar-refractivity contribution in [2.45, 2.75) is 11.7 Å². The van der Waals surface area contributed by atoms with E-state index in [1.807, 2.05) is 18.2 Å². The van der Waals surface area contributed by atoms with Crippen LogP contribution >= 0.6 is 0 Å². The van der Waals surface area contributed by atoms with E-state index in [2.05, 4.69) is 0 Å². The lowest BCUT2D eigenvalue weighted by Crippen LogP contribution is -2.33. The van der Waals surface area contributed by atoms with Crippen LogP contribution in [0.15, 0.2) is 54.6 Å². The average Bonchev–Trinajstić information content (AvgIpc) is 2.73. The molecule has 2 aromatic rings. The maximum absolute atomic E-state index is 13.3. The monoisotopic (exact) mass is 347 g/mol. The number of rotatable bonds is 2. The summed E-state index contributed by atoms with van der Waals surface area (Å²) >= 11 is 0. The van der Waals surface area contributed by atoms with Gasteiger partial charge in [0.2, 0.25) is 0 Å². The molecule has 1 aliphatic rings. The van der Waals surface area contributed by atoms with Crippen LogP contribution < -0.4 is 0 Å². The molecule has 1 aliphatic heterocycles. The predicted octanol–water partition coefficient (Wildman–Crippen LogP) is 2.83. The molecule has 0 aliphatic carbocycles. The highest BCUT2D eigenvalue weighted by Gasteiger charge is 2.32. The van der Waals surface area contributed by atoms with Crippen molar-refractivity contribution < 1.29 is 17.6 Å². The molecule has 0 aromatic heterocycles. The van der Waals surface area contributed by atoms with Crippen molar-refractivity contribution in [3.05, 3.63) is 71.5 Å². The summed E-state index contributed by atoms with van der Waals surface area (Å²) in [6.45, 7) is 0.454. The van der Waals surface area contributed by atoms with E-state index in [0.717, 1.165) is 5.56 Å². The van der Waals surface area contributed by atoms with E-state index < -0.39 is 20.9 Å². The molecular weight excluding hydrogens is 329 g/mol. The molecule has 126 valence electrons. The number of sulfone groups is 1. The summed E-state index contributed by atoms with van der Waals surface area (Å²) in [4.78, 5) is 14.0. The first-order chi connectivity index (χ1) is 11.5. The fourth-order valence-electron chi connectivity index (χ4n) is 2.99. The fourth-order valence-corrected chi connectivity index (χ4v) is 4.79. The van der Waals surface area contributed by atoms with Gasteiger partial charge in [0.05, 0.1) is 11.0 Å². The topological polar surface area (TPSA) is 54.5 Å². The van der Waals surface area contributed by atoms with Crippen LogP contribution in [0.2, 0.25) is 0 Å². The predicted molar refractivity (Wildman–Crippen MR) is 89.9 cm³/mol. The van der Waals surface area contributed by atoms with Gasteiger partial charge < -0.3 is 4.90 Å². The van der Waals surface area contributed by atoms with E-state index in [1.54, 1.807) is 18.2 Å². The second-order valence-electron chi connectivity index (χ2n) is 5.86. The fraction of sp³-hybridized carbons (Fsp3) is 0.278. The molecular formula is C18H18FNO3S. The van der Waals surface area contributed by atoms with Crippen molar-refractivity contribution in [3.8, 4) is 0 Å². The maximum atomic E-state index is 13.3. The minimum absolute atomic E-state index is 0.0897. The summed E-state index contributed by atoms with van der Waals surface area (Å²) in [5, 5.41) is -0.607. The highest BCUT2D eigenvalue weighted by molar-refractivity contribution is 7.91. The van der Waals surface area contributed by atoms with Crippen LogP contribution in [0, 0.1) is 5.82 Å². The average molecular weight is 347 g/mol. The Morgan fingerprint density at radius 2 is 1.79 bits per heavy atom. The minimum atomic E-state index is -3.34. The summed E-state index contributed by atoms with van der Waals surface area (Å²) < 4.78 is 38.4. The quantitative estimate of drug-likeness (QED) is 0.839. The van der Waals surface area contributed by atoms with Crippen LogP contribution in [0.25, 0.3) is 0 Å². The molecule has 1 heterocycles. The van der Waals surface area contributed by atoms with Gasteiger partial charge in [-0.15, -0.1) is 0 Å². The molecule has 24 heavy (non-hydrogen) atoms. The lowest BCUT2D eigenvalue weighted by molar-refractivity contribution is 0.0766. The molecule has 1 fully saturated rings. The van der Waals surface area contributed by atoms with Crippen molar-refractivity contribution in [3.63, 3.8) is 0 Å². The van der Waals surface area contributed by atoms with Crippen LogP contribution in [-0.2, 0) is 9.84 Å². The van der Waals surface area contributed by atoms with Gasteiger partial charge in [-0.05, 0) is 30.2 Å². The molecule has 0 saturated carbocycles. The third-order valence-corrected chi connectivity index (χ3v) is 6.40. The SMILES string of the molecule is O=C(c1cccc(F)c1)N1CC[C@H](c2ccccc2)S(=O)(=O)CC1. The Morgan fingerprint density at radius 1 is 1.04 bits per heavy atom. The Balaban J connectivity index is 1.82. The van der Waals surface area contributed by atoms with E-state index in [0.29, 0.717) is 13.0 Å². The molecule has 0 bridgehead atoms. The second-order valence-corrected chi connectivity index (χ2v) is 8.16. The summed E-state index contributed by atoms with van der Waals surface area (Å²) in [7, 11) is -3.34. The highest BCUT2D eigenvalue weighted by atomic mass is 32.2. The standard InChI is InChI=1S/C18H18FNO3S/c19-16-8-4-7-15(13-16)18(21)20-10-9-17(24(22,23)12-11-20)14-5-2-1-3-6-14/h1-8,13,17H,9-12H2/t17-/m1/s1. The minimum Gasteiger partial charge on any atom is -0.338 e. The summed E-state index contributed by atoms with van der Waals surface area (Å²) in [5.74, 6) is -0.906. The van der Waals surface area contributed by atoms with Crippen LogP contribution in [0.3, 0.4) is 0 Å². The number of carbonyl (C=O) groups is 1. The normalized spacial score (nSPS) is 20.4. The molecule has 1 atom stereocenters. The molecule has 1 amide bonds. The maximum Gasteiger partial charge on any atom is 0.253 e. The van der Waals surface area contributed by atoms with Crippen LogP contribution in [0.1, 0.15) is 27.6 Å². The van der Waals surface area contributed by atoms with Gasteiger partial charge in [-0.3, -0.25) is 4.79 Å². The lowest BCUT2D eigenvalue weighted by Gasteiger charge is -2.20. The van der Waals surface area contributed by atoms with E-state index in [-0.39, 0.29) is 23.8 Å². The molecule has 0 N–H and O–H groups in total. The van der Waals surface area contributed by atoms with Crippen molar-refractivity contribution in [1.82, 2.24) is 4.90 Å². The number of hydrogen-bond acceptors (Lipinski definition) is 3. The smallest absolute Gasteiger partial charge is 0.253 e. The van der Waals surface area contributed by atoms with Crippen LogP contribution in [-0.4, -0.2) is 38.1 Å². The number of carbonyl (C=O) groups excluding carboxylic acids is 1. The van der Waals surface area contributed by atoms with Gasteiger partial charge in [0.25, 0.3) is 5.91 Å². The molecule has 6 heteroatoms. The van der Waals surface area contributed by atoms with Gasteiger partial charge in [-0.2, -0.15) is 0 Å². The van der Waals surface area contributed by atoms with Gasteiger partial charge in [0.15, 0.2) is 9.84 Å². The molecule has 3 rings (SSSR count). The number of hydrogen-bond donors (Lipinski definition) is 0. The van der Waals surface area contributed by atoms with E-state index in [9.17, 15) is 17.6 Å². The van der Waals surface area contributed by atoms with Gasteiger partial charge >= 0.3 is 0 Å². The molecule has 0 unspecified atom stereocenters. The zero-order valence-corrected chi connectivity index (χ0v) is 13.9. The Hall–Kier alpha value is -2.21. The second kappa shape index (κ2) is 6.73. The number of nitrogens with zero attached hydrogens (tertiary/aromatic N) is 1. The zero-order valence-electron chi connectivity index (χ0n) is 13.1. The third kappa shape index (κ3) is 3.48. The highest BCUT2D eigenvalue weighted by Crippen LogP contribution is 2.29. The first-order valence-electron chi connectivity index (χ1n) is 7.79. The summed E-state index contributed by atoms with van der Waals surface area (Å²) in [6, 6.07) is 14.5. The Morgan fingerprint density at radius 3 is 2.50 bits per heavy atom. The van der Waals surface area contributed by atoms with Crippen LogP contribution in [0.4, 0.5) is 4.39 Å². The van der Waals surface area contributed by atoms with Gasteiger partial charge in [0.1, 0.15) is 5.82 Å². The number of halogens is 1. The van der Waals surface area contributed by atoms with Gasteiger partial charge in [0, 0.05) is 18.7 Å². The Labute approximate surface area is 140 Å². The molecule has 0 radical (unpaired) electrons. The van der Waals surface area contributed by atoms with E-state index >= 15 is 0 Å². The first kappa shape index (κ1) is 16.6. The molecule has 2 aromatic carbocycles. The first-order valence-corrected chi connectivity index (χ1v) is 9.50. The van der Waals surface area contributed by atoms with Crippen molar-refractivity contribution in [1.29, 1.82) is 0 Å². The molecule has 4 nitrogen and oxygen atoms in total. The summed E-state index contributed by atoms with van der Waals surface area (Å²) in [6.07, 6.45) is 0.341. The Kier molecular flexibility index (Phi) is 4.66. The molecule has 0 spiro atoms.